The summed E-state index contributed by atoms with van der Waals surface area (Å²) in [6.45, 7) is 5.26. The van der Waals surface area contributed by atoms with Crippen molar-refractivity contribution in [2.24, 2.45) is 0 Å². The molecular weight excluding hydrogens is 1030 g/mol. The lowest BCUT2D eigenvalue weighted by atomic mass is 9.86. The van der Waals surface area contributed by atoms with Gasteiger partial charge in [0.15, 0.2) is 0 Å². The van der Waals surface area contributed by atoms with Crippen LogP contribution in [0.25, 0.3) is 54.9 Å². The van der Waals surface area contributed by atoms with Crippen molar-refractivity contribution >= 4 is 39.2 Å². The smallest absolute Gasteiger partial charge is 0.493 e. The zero-order valence-electron chi connectivity index (χ0n) is 46.2. The second kappa shape index (κ2) is 30.5. The molecule has 6 aromatic carbocycles. The van der Waals surface area contributed by atoms with E-state index in [-0.39, 0.29) is 25.4 Å². The van der Waals surface area contributed by atoms with Crippen molar-refractivity contribution in [1.82, 2.24) is 0 Å². The van der Waals surface area contributed by atoms with Crippen molar-refractivity contribution in [1.29, 1.82) is 0 Å². The second-order valence-corrected chi connectivity index (χ2v) is 25.0. The van der Waals surface area contributed by atoms with Crippen LogP contribution in [-0.2, 0) is 55.0 Å². The van der Waals surface area contributed by atoms with E-state index in [0.717, 1.165) is 54.9 Å². The molecule has 0 radical (unpaired) electrons. The molecule has 0 unspecified atom stereocenters. The fraction of sp³-hybridized carbons (Fsp3) is 0.467. The van der Waals surface area contributed by atoms with Gasteiger partial charge in [-0.05, 0) is 81.9 Å². The van der Waals surface area contributed by atoms with E-state index in [1.165, 1.54) is 0 Å². The summed E-state index contributed by atoms with van der Waals surface area (Å²) in [5.41, 5.74) is 5.49. The Morgan fingerprint density at radius 2 is 0.756 bits per heavy atom. The number of hydrogen-bond donors (Lipinski definition) is 0. The maximum absolute atomic E-state index is 7.12. The highest BCUT2D eigenvalue weighted by Gasteiger charge is 2.38. The van der Waals surface area contributed by atoms with Gasteiger partial charge in [-0.1, -0.05) is 72.8 Å². The molecule has 422 valence electrons. The minimum atomic E-state index is -2.84. The summed E-state index contributed by atoms with van der Waals surface area (Å²) < 4.78 is 99.7. The summed E-state index contributed by atoms with van der Waals surface area (Å²) in [5, 5.41) is 3.77. The maximum Gasteiger partial charge on any atom is 0.500 e. The molecule has 0 fully saturated rings. The van der Waals surface area contributed by atoms with Crippen molar-refractivity contribution in [3.63, 3.8) is 0 Å². The molecule has 8 rings (SSSR count). The Kier molecular flexibility index (Phi) is 23.2. The van der Waals surface area contributed by atoms with E-state index in [1.807, 2.05) is 48.5 Å². The minimum Gasteiger partial charge on any atom is -0.493 e. The fourth-order valence-electron chi connectivity index (χ4n) is 10.0. The van der Waals surface area contributed by atoms with E-state index >= 15 is 0 Å². The van der Waals surface area contributed by atoms with Gasteiger partial charge in [-0.15, -0.1) is 0 Å². The van der Waals surface area contributed by atoms with Crippen LogP contribution in [0.3, 0.4) is 0 Å². The van der Waals surface area contributed by atoms with Crippen molar-refractivity contribution in [2.75, 3.05) is 135 Å². The molecule has 18 heteroatoms. The molecule has 0 aliphatic carbocycles. The Hall–Kier alpha value is -5.01. The number of benzene rings is 6. The third-order valence-corrected chi connectivity index (χ3v) is 19.8. The second-order valence-electron chi connectivity index (χ2n) is 18.8. The molecule has 78 heavy (non-hydrogen) atoms. The summed E-state index contributed by atoms with van der Waals surface area (Å²) in [4.78, 5) is 0. The highest BCUT2D eigenvalue weighted by Crippen LogP contribution is 2.53. The van der Waals surface area contributed by atoms with Crippen LogP contribution in [-0.4, -0.2) is 165 Å². The Labute approximate surface area is 461 Å². The molecule has 2 aliphatic rings. The zero-order chi connectivity index (χ0) is 54.4. The van der Waals surface area contributed by atoms with Gasteiger partial charge in [0.2, 0.25) is 0 Å². The Morgan fingerprint density at radius 1 is 0.397 bits per heavy atom. The van der Waals surface area contributed by atoms with Crippen molar-refractivity contribution in [3.8, 4) is 56.4 Å². The van der Waals surface area contributed by atoms with Gasteiger partial charge in [0.05, 0.1) is 78.3 Å². The first-order chi connectivity index (χ1) is 38.4. The fourth-order valence-corrected chi connectivity index (χ4v) is 13.4. The van der Waals surface area contributed by atoms with Crippen LogP contribution in [0.1, 0.15) is 25.7 Å². The third-order valence-electron chi connectivity index (χ3n) is 14.2. The van der Waals surface area contributed by atoms with Gasteiger partial charge in [-0.25, -0.2) is 0 Å². The van der Waals surface area contributed by atoms with Gasteiger partial charge in [0, 0.05) is 103 Å². The first kappa shape index (κ1) is 59.1. The van der Waals surface area contributed by atoms with Crippen LogP contribution in [0.2, 0.25) is 12.1 Å². The Bertz CT molecular complexity index is 2540. The number of ether oxygens (including phenoxy) is 10. The summed E-state index contributed by atoms with van der Waals surface area (Å²) in [6, 6.07) is 38.8. The Morgan fingerprint density at radius 3 is 1.12 bits per heavy atom. The van der Waals surface area contributed by atoms with E-state index in [1.54, 1.807) is 42.7 Å². The minimum absolute atomic E-state index is 0.260. The van der Waals surface area contributed by atoms with E-state index in [4.69, 9.17) is 73.9 Å². The van der Waals surface area contributed by atoms with E-state index in [2.05, 4.69) is 60.7 Å². The summed E-state index contributed by atoms with van der Waals surface area (Å²) >= 11 is 0. The van der Waals surface area contributed by atoms with Crippen LogP contribution >= 0.6 is 0 Å². The average molecular weight is 1110 g/mol. The van der Waals surface area contributed by atoms with Crippen LogP contribution in [0.5, 0.6) is 23.0 Å². The van der Waals surface area contributed by atoms with Gasteiger partial charge in [-0.3, -0.25) is 0 Å². The molecule has 2 atom stereocenters. The number of rotatable bonds is 18. The SMILES string of the molecule is CO[Si](CCCO[C@@H]1CCOc2ccc3cc(-c4ccccc4)c4c(c3c2)-c2c(c(-c3ccccc3)cc3ccc(cc23)OCC[C@H]1OCCC[Si](OC)(OC)OC)OCCOCCOCCOCCOCCO4)(OC)OC. The Balaban J connectivity index is 1.28. The summed E-state index contributed by atoms with van der Waals surface area (Å²) in [7, 11) is 4.06. The highest BCUT2D eigenvalue weighted by atomic mass is 28.4. The third kappa shape index (κ3) is 15.5. The van der Waals surface area contributed by atoms with Gasteiger partial charge in [0.1, 0.15) is 36.2 Å². The first-order valence-electron chi connectivity index (χ1n) is 27.1. The first-order valence-corrected chi connectivity index (χ1v) is 30.9. The highest BCUT2D eigenvalue weighted by molar-refractivity contribution is 6.60. The topological polar surface area (TPSA) is 148 Å². The summed E-state index contributed by atoms with van der Waals surface area (Å²) in [6.07, 6.45) is 1.56. The predicted octanol–water partition coefficient (Wildman–Crippen LogP) is 10.7. The molecule has 16 nitrogen and oxygen atoms in total. The molecule has 0 aromatic heterocycles. The van der Waals surface area contributed by atoms with Crippen LogP contribution in [0.15, 0.2) is 109 Å². The molecule has 6 aromatic rings. The van der Waals surface area contributed by atoms with E-state index < -0.39 is 17.6 Å². The van der Waals surface area contributed by atoms with Gasteiger partial charge >= 0.3 is 17.6 Å². The zero-order valence-corrected chi connectivity index (χ0v) is 48.2. The van der Waals surface area contributed by atoms with Crippen LogP contribution in [0, 0.1) is 0 Å². The quantitative estimate of drug-likeness (QED) is 0.0593. The molecule has 0 spiro atoms. The van der Waals surface area contributed by atoms with Crippen molar-refractivity contribution < 1.29 is 73.9 Å². The van der Waals surface area contributed by atoms with E-state index in [9.17, 15) is 0 Å². The van der Waals surface area contributed by atoms with Crippen LogP contribution in [0.4, 0.5) is 0 Å². The standard InChI is InChI=1S/C60H78O16Si2/c1-61-77(62-2,63-3)39-13-25-73-55-23-27-71-49-21-19-47-41-53(45-15-9-7-10-16-45)59-57(51(47)43-49)58-52-44-50(72-28-24-56(55)74-26-14-40-78(64-4,65-5)66-6)22-20-48(52)42-54(46-17-11-8-12-18-46)60(58)76-38-36-70-34-32-68-30-29-67-31-33-69-35-37-75-59/h7-12,15-22,41-44,55-56H,13-14,23-40H2,1-6H3/t55-,56-/m1/s1. The molecular formula is C60H78O16Si2. The summed E-state index contributed by atoms with van der Waals surface area (Å²) in [5.74, 6) is 2.71. The van der Waals surface area contributed by atoms with Crippen molar-refractivity contribution in [3.05, 3.63) is 109 Å². The molecule has 0 saturated heterocycles. The van der Waals surface area contributed by atoms with Crippen molar-refractivity contribution in [2.45, 2.75) is 50.0 Å². The maximum atomic E-state index is 7.12. The van der Waals surface area contributed by atoms with Gasteiger partial charge in [-0.2, -0.15) is 0 Å². The average Bonchev–Trinajstić information content (AvgIpc) is 3.54. The number of fused-ring (bicyclic) bond motifs is 2. The lowest BCUT2D eigenvalue weighted by Crippen LogP contribution is -2.43. The number of hydrogen-bond acceptors (Lipinski definition) is 16. The predicted molar refractivity (Wildman–Crippen MR) is 304 cm³/mol. The molecule has 0 saturated carbocycles. The molecule has 2 heterocycles. The molecule has 4 bridgehead atoms. The van der Waals surface area contributed by atoms with Gasteiger partial charge < -0.3 is 73.9 Å². The largest absolute Gasteiger partial charge is 0.500 e. The lowest BCUT2D eigenvalue weighted by molar-refractivity contribution is -0.0868. The lowest BCUT2D eigenvalue weighted by Gasteiger charge is -2.30. The van der Waals surface area contributed by atoms with Gasteiger partial charge in [0.25, 0.3) is 0 Å². The normalized spacial score (nSPS) is 17.8. The van der Waals surface area contributed by atoms with Crippen LogP contribution < -0.4 is 18.9 Å². The molecule has 2 aliphatic heterocycles. The monoisotopic (exact) mass is 1110 g/mol. The molecule has 0 N–H and O–H groups in total. The molecule has 0 amide bonds. The van der Waals surface area contributed by atoms with E-state index in [0.29, 0.717) is 140 Å².